The average Bonchev–Trinajstić information content (AvgIpc) is 2.34. The molecule has 0 bridgehead atoms. The summed E-state index contributed by atoms with van der Waals surface area (Å²) in [4.78, 5) is 4.18. The Hall–Kier alpha value is -1.09. The molecule has 1 aromatic heterocycles. The Labute approximate surface area is 126 Å². The van der Waals surface area contributed by atoms with Crippen LogP contribution in [0, 0.1) is 11.3 Å². The molecule has 0 aliphatic carbocycles. The first-order valence-corrected chi connectivity index (χ1v) is 6.84. The van der Waals surface area contributed by atoms with Gasteiger partial charge in [0, 0.05) is 10.7 Å². The Morgan fingerprint density at radius 1 is 1.22 bits per heavy atom. The summed E-state index contributed by atoms with van der Waals surface area (Å²) in [6, 6.07) is 9.12. The highest BCUT2D eigenvalue weighted by atomic mass is 79.9. The number of halogens is 3. The highest BCUT2D eigenvalue weighted by Gasteiger charge is 2.06. The summed E-state index contributed by atoms with van der Waals surface area (Å²) in [5, 5.41) is 12.5. The molecule has 1 aromatic carbocycles. The number of rotatable bonds is 2. The van der Waals surface area contributed by atoms with Crippen molar-refractivity contribution in [3.63, 3.8) is 0 Å². The van der Waals surface area contributed by atoms with Gasteiger partial charge in [0.2, 0.25) is 0 Å². The van der Waals surface area contributed by atoms with Gasteiger partial charge in [0.1, 0.15) is 5.82 Å². The lowest BCUT2D eigenvalue weighted by Gasteiger charge is -2.09. The van der Waals surface area contributed by atoms with Crippen LogP contribution >= 0.6 is 43.5 Å². The molecule has 6 heteroatoms. The van der Waals surface area contributed by atoms with Crippen molar-refractivity contribution in [2.75, 3.05) is 5.32 Å². The Morgan fingerprint density at radius 3 is 2.61 bits per heavy atom. The van der Waals surface area contributed by atoms with E-state index >= 15 is 0 Å². The molecule has 0 aliphatic rings. The minimum absolute atomic E-state index is 0.561. The van der Waals surface area contributed by atoms with Gasteiger partial charge < -0.3 is 5.32 Å². The number of hydrogen-bond acceptors (Lipinski definition) is 3. The van der Waals surface area contributed by atoms with Crippen LogP contribution in [0.3, 0.4) is 0 Å². The van der Waals surface area contributed by atoms with Crippen molar-refractivity contribution in [1.82, 2.24) is 4.98 Å². The third kappa shape index (κ3) is 3.02. The maximum atomic E-state index is 8.79. The monoisotopic (exact) mass is 385 g/mol. The molecule has 0 amide bonds. The normalized spacial score (nSPS) is 9.89. The number of nitrogens with one attached hydrogen (secondary N) is 1. The lowest BCUT2D eigenvalue weighted by Crippen LogP contribution is -1.95. The van der Waals surface area contributed by atoms with Crippen LogP contribution < -0.4 is 5.32 Å². The molecule has 0 atom stereocenters. The van der Waals surface area contributed by atoms with Gasteiger partial charge in [-0.05, 0) is 56.1 Å². The minimum Gasteiger partial charge on any atom is -0.338 e. The highest BCUT2D eigenvalue weighted by Crippen LogP contribution is 2.30. The number of benzene rings is 1. The Bertz CT molecular complexity index is 638. The molecule has 2 aromatic rings. The van der Waals surface area contributed by atoms with Crippen LogP contribution in [0.4, 0.5) is 11.5 Å². The van der Waals surface area contributed by atoms with Crippen LogP contribution in [-0.4, -0.2) is 4.98 Å². The summed E-state index contributed by atoms with van der Waals surface area (Å²) in [6.07, 6.45) is 1.56. The predicted molar refractivity (Wildman–Crippen MR) is 79.1 cm³/mol. The molecule has 18 heavy (non-hydrogen) atoms. The number of hydrogen-bond donors (Lipinski definition) is 1. The molecule has 0 fully saturated rings. The maximum absolute atomic E-state index is 8.79. The van der Waals surface area contributed by atoms with Crippen molar-refractivity contribution in [2.24, 2.45) is 0 Å². The van der Waals surface area contributed by atoms with Crippen LogP contribution in [0.2, 0.25) is 5.02 Å². The first-order valence-electron chi connectivity index (χ1n) is 4.88. The van der Waals surface area contributed by atoms with Gasteiger partial charge in [0.15, 0.2) is 0 Å². The molecule has 0 saturated carbocycles. The van der Waals surface area contributed by atoms with E-state index in [1.165, 1.54) is 0 Å². The number of nitrogens with zero attached hydrogens (tertiary/aromatic N) is 2. The van der Waals surface area contributed by atoms with Crippen LogP contribution in [0.25, 0.3) is 0 Å². The fraction of sp³-hybridized carbons (Fsp3) is 0. The molecule has 0 unspecified atom stereocenters. The number of anilines is 2. The highest BCUT2D eigenvalue weighted by molar-refractivity contribution is 9.11. The first-order chi connectivity index (χ1) is 8.60. The summed E-state index contributed by atoms with van der Waals surface area (Å²) >= 11 is 12.6. The van der Waals surface area contributed by atoms with Gasteiger partial charge in [-0.1, -0.05) is 11.6 Å². The van der Waals surface area contributed by atoms with E-state index in [2.05, 4.69) is 48.2 Å². The van der Waals surface area contributed by atoms with Gasteiger partial charge in [0.05, 0.1) is 26.8 Å². The van der Waals surface area contributed by atoms with E-state index in [9.17, 15) is 0 Å². The zero-order valence-electron chi connectivity index (χ0n) is 8.92. The molecule has 3 nitrogen and oxygen atoms in total. The second-order valence-corrected chi connectivity index (χ2v) is 5.56. The zero-order valence-corrected chi connectivity index (χ0v) is 12.8. The van der Waals surface area contributed by atoms with Gasteiger partial charge in [-0.3, -0.25) is 0 Å². The summed E-state index contributed by atoms with van der Waals surface area (Å²) in [5.74, 6) is 0.657. The van der Waals surface area contributed by atoms with E-state index in [-0.39, 0.29) is 0 Å². The van der Waals surface area contributed by atoms with Gasteiger partial charge in [0.25, 0.3) is 0 Å². The fourth-order valence-corrected chi connectivity index (χ4v) is 2.54. The molecule has 1 heterocycles. The van der Waals surface area contributed by atoms with Crippen molar-refractivity contribution in [1.29, 1.82) is 5.26 Å². The van der Waals surface area contributed by atoms with Gasteiger partial charge in [-0.15, -0.1) is 0 Å². The molecule has 2 rings (SSSR count). The maximum Gasteiger partial charge on any atom is 0.144 e. The molecule has 0 spiro atoms. The molecular weight excluding hydrogens is 381 g/mol. The fourth-order valence-electron chi connectivity index (χ4n) is 1.32. The van der Waals surface area contributed by atoms with E-state index in [1.54, 1.807) is 24.4 Å². The molecule has 0 radical (unpaired) electrons. The summed E-state index contributed by atoms with van der Waals surface area (Å²) < 4.78 is 1.57. The smallest absolute Gasteiger partial charge is 0.144 e. The number of aromatic nitrogens is 1. The lowest BCUT2D eigenvalue weighted by atomic mass is 10.2. The standard InChI is InChI=1S/C12H6Br2ClN3/c13-9-3-7(5-16)1-2-11(9)18-12-10(14)4-8(15)6-17-12/h1-4,6H,(H,17,18). The largest absolute Gasteiger partial charge is 0.338 e. The Kier molecular flexibility index (Phi) is 4.23. The van der Waals surface area contributed by atoms with Crippen molar-refractivity contribution in [2.45, 2.75) is 0 Å². The van der Waals surface area contributed by atoms with Gasteiger partial charge in [-0.25, -0.2) is 4.98 Å². The second-order valence-electron chi connectivity index (χ2n) is 3.42. The predicted octanol–water partition coefficient (Wildman–Crippen LogP) is 4.88. The van der Waals surface area contributed by atoms with Crippen LogP contribution in [0.15, 0.2) is 39.4 Å². The van der Waals surface area contributed by atoms with Crippen molar-refractivity contribution < 1.29 is 0 Å². The summed E-state index contributed by atoms with van der Waals surface area (Å²) in [6.45, 7) is 0. The zero-order chi connectivity index (χ0) is 13.1. The summed E-state index contributed by atoms with van der Waals surface area (Å²) in [7, 11) is 0. The first kappa shape index (κ1) is 13.3. The number of pyridine rings is 1. The SMILES string of the molecule is N#Cc1ccc(Nc2ncc(Cl)cc2Br)c(Br)c1. The molecule has 90 valence electrons. The quantitative estimate of drug-likeness (QED) is 0.799. The molecular formula is C12H6Br2ClN3. The van der Waals surface area contributed by atoms with E-state index < -0.39 is 0 Å². The van der Waals surface area contributed by atoms with E-state index in [4.69, 9.17) is 16.9 Å². The Morgan fingerprint density at radius 2 is 2.00 bits per heavy atom. The van der Waals surface area contributed by atoms with E-state index in [1.807, 2.05) is 6.07 Å². The van der Waals surface area contributed by atoms with E-state index in [0.29, 0.717) is 16.4 Å². The minimum atomic E-state index is 0.561. The third-order valence-corrected chi connectivity index (χ3v) is 3.63. The van der Waals surface area contributed by atoms with Crippen molar-refractivity contribution >= 4 is 55.0 Å². The van der Waals surface area contributed by atoms with Crippen LogP contribution in [0.5, 0.6) is 0 Å². The molecule has 1 N–H and O–H groups in total. The van der Waals surface area contributed by atoms with Crippen molar-refractivity contribution in [3.8, 4) is 6.07 Å². The van der Waals surface area contributed by atoms with Crippen LogP contribution in [-0.2, 0) is 0 Å². The third-order valence-electron chi connectivity index (χ3n) is 2.16. The lowest BCUT2D eigenvalue weighted by molar-refractivity contribution is 1.29. The van der Waals surface area contributed by atoms with E-state index in [0.717, 1.165) is 14.6 Å². The van der Waals surface area contributed by atoms with Gasteiger partial charge >= 0.3 is 0 Å². The topological polar surface area (TPSA) is 48.7 Å². The average molecular weight is 387 g/mol. The number of nitriles is 1. The van der Waals surface area contributed by atoms with Crippen LogP contribution in [0.1, 0.15) is 5.56 Å². The van der Waals surface area contributed by atoms with Gasteiger partial charge in [-0.2, -0.15) is 5.26 Å². The summed E-state index contributed by atoms with van der Waals surface area (Å²) in [5.41, 5.74) is 1.42. The molecule has 0 aliphatic heterocycles. The molecule has 0 saturated heterocycles. The Balaban J connectivity index is 2.32. The van der Waals surface area contributed by atoms with Crippen molar-refractivity contribution in [3.05, 3.63) is 50.0 Å². The second kappa shape index (κ2) is 5.70.